The van der Waals surface area contributed by atoms with Crippen molar-refractivity contribution in [1.82, 2.24) is 0 Å². The van der Waals surface area contributed by atoms with Gasteiger partial charge in [-0.1, -0.05) is 125 Å². The lowest BCUT2D eigenvalue weighted by molar-refractivity contribution is 0.531. The van der Waals surface area contributed by atoms with Crippen LogP contribution in [0.3, 0.4) is 0 Å². The Morgan fingerprint density at radius 1 is 0.545 bits per heavy atom. The van der Waals surface area contributed by atoms with Crippen LogP contribution < -0.4 is 0 Å². The fraction of sp³-hybridized carbons (Fsp3) is 1.00. The molecule has 0 heteroatoms. The highest BCUT2D eigenvalue weighted by molar-refractivity contribution is 4.65. The van der Waals surface area contributed by atoms with E-state index in [2.05, 4.69) is 20.8 Å². The molecule has 0 radical (unpaired) electrons. The van der Waals surface area contributed by atoms with Gasteiger partial charge >= 0.3 is 0 Å². The van der Waals surface area contributed by atoms with Crippen molar-refractivity contribution in [3.63, 3.8) is 0 Å². The second-order valence-electron chi connectivity index (χ2n) is 7.51. The topological polar surface area (TPSA) is 0 Å². The first-order valence-electron chi connectivity index (χ1n) is 10.8. The number of hydrogen-bond donors (Lipinski definition) is 0. The summed E-state index contributed by atoms with van der Waals surface area (Å²) < 4.78 is 0. The Hall–Kier alpha value is 0. The number of rotatable bonds is 2. The van der Waals surface area contributed by atoms with Crippen LogP contribution in [-0.4, -0.2) is 0 Å². The summed E-state index contributed by atoms with van der Waals surface area (Å²) >= 11 is 0. The van der Waals surface area contributed by atoms with E-state index in [-0.39, 0.29) is 0 Å². The van der Waals surface area contributed by atoms with Gasteiger partial charge in [-0.3, -0.25) is 0 Å². The van der Waals surface area contributed by atoms with Gasteiger partial charge in [0.15, 0.2) is 0 Å². The molecule has 0 N–H and O–H groups in total. The molecule has 0 heterocycles. The molecule has 0 nitrogen and oxygen atoms in total. The molecule has 0 aromatic rings. The van der Waals surface area contributed by atoms with Gasteiger partial charge in [-0.05, 0) is 17.8 Å². The zero-order valence-corrected chi connectivity index (χ0v) is 16.6. The van der Waals surface area contributed by atoms with Gasteiger partial charge in [0.05, 0.1) is 0 Å². The van der Waals surface area contributed by atoms with Crippen LogP contribution in [-0.2, 0) is 0 Å². The maximum absolute atomic E-state index is 2.34. The van der Waals surface area contributed by atoms with Gasteiger partial charge < -0.3 is 0 Å². The first kappa shape index (κ1) is 22.0. The summed E-state index contributed by atoms with van der Waals surface area (Å²) in [4.78, 5) is 0. The minimum Gasteiger partial charge on any atom is -0.0683 e. The second-order valence-corrected chi connectivity index (χ2v) is 7.51. The smallest absolute Gasteiger partial charge is 0.0417 e. The molecule has 0 aromatic carbocycles. The Bertz CT molecular complexity index is 174. The van der Waals surface area contributed by atoms with Crippen molar-refractivity contribution in [2.75, 3.05) is 0 Å². The molecule has 0 aromatic heterocycles. The molecule has 3 saturated carbocycles. The van der Waals surface area contributed by atoms with E-state index in [0.717, 1.165) is 17.8 Å². The SMILES string of the molecule is CC.CC1CCCC1.CCC1CCCC1.CCC1CCCC1. The van der Waals surface area contributed by atoms with Crippen LogP contribution in [0, 0.1) is 17.8 Å². The van der Waals surface area contributed by atoms with Gasteiger partial charge in [0, 0.05) is 0 Å². The van der Waals surface area contributed by atoms with E-state index in [1.54, 1.807) is 0 Å². The molecule has 3 aliphatic carbocycles. The minimum atomic E-state index is 1.05. The van der Waals surface area contributed by atoms with Crippen molar-refractivity contribution in [3.8, 4) is 0 Å². The Morgan fingerprint density at radius 3 is 0.955 bits per heavy atom. The maximum atomic E-state index is 2.34. The molecule has 0 amide bonds. The van der Waals surface area contributed by atoms with Gasteiger partial charge in [-0.2, -0.15) is 0 Å². The third-order valence-electron chi connectivity index (χ3n) is 5.75. The van der Waals surface area contributed by atoms with E-state index in [0.29, 0.717) is 0 Å². The van der Waals surface area contributed by atoms with Crippen LogP contribution in [0.1, 0.15) is 125 Å². The normalized spacial score (nSPS) is 22.2. The Labute approximate surface area is 142 Å². The molecule has 134 valence electrons. The summed E-state index contributed by atoms with van der Waals surface area (Å²) in [5.74, 6) is 3.24. The van der Waals surface area contributed by atoms with E-state index < -0.39 is 0 Å². The van der Waals surface area contributed by atoms with Crippen LogP contribution in [0.25, 0.3) is 0 Å². The van der Waals surface area contributed by atoms with E-state index in [1.807, 2.05) is 13.8 Å². The molecular weight excluding hydrogens is 264 g/mol. The summed E-state index contributed by atoms with van der Waals surface area (Å²) in [5.41, 5.74) is 0. The van der Waals surface area contributed by atoms with Crippen LogP contribution >= 0.6 is 0 Å². The quantitative estimate of drug-likeness (QED) is 0.480. The van der Waals surface area contributed by atoms with Gasteiger partial charge in [0.25, 0.3) is 0 Å². The Morgan fingerprint density at radius 2 is 0.818 bits per heavy atom. The van der Waals surface area contributed by atoms with Crippen molar-refractivity contribution in [3.05, 3.63) is 0 Å². The summed E-state index contributed by atoms with van der Waals surface area (Å²) in [6.45, 7) is 10.9. The monoisotopic (exact) mass is 310 g/mol. The van der Waals surface area contributed by atoms with E-state index in [9.17, 15) is 0 Å². The standard InChI is InChI=1S/2C7H14.C6H12.C2H6/c2*1-2-7-5-3-4-6-7;1-6-4-2-3-5-6;1-2/h2*7H,2-6H2,1H3;6H,2-5H2,1H3;1-2H3. The minimum absolute atomic E-state index is 1.05. The van der Waals surface area contributed by atoms with Crippen LogP contribution in [0.4, 0.5) is 0 Å². The van der Waals surface area contributed by atoms with Crippen molar-refractivity contribution >= 4 is 0 Å². The first-order chi connectivity index (χ1) is 10.8. The molecule has 3 fully saturated rings. The van der Waals surface area contributed by atoms with Crippen LogP contribution in [0.5, 0.6) is 0 Å². The third kappa shape index (κ3) is 11.6. The van der Waals surface area contributed by atoms with Gasteiger partial charge in [0.2, 0.25) is 0 Å². The molecular formula is C22H46. The highest BCUT2D eigenvalue weighted by atomic mass is 14.2. The average Bonchev–Trinajstić information content (AvgIpc) is 3.33. The molecule has 0 unspecified atom stereocenters. The Kier molecular flexibility index (Phi) is 15.9. The zero-order chi connectivity index (χ0) is 16.6. The van der Waals surface area contributed by atoms with Crippen LogP contribution in [0.15, 0.2) is 0 Å². The highest BCUT2D eigenvalue weighted by Crippen LogP contribution is 2.27. The average molecular weight is 311 g/mol. The molecule has 22 heavy (non-hydrogen) atoms. The predicted octanol–water partition coefficient (Wildman–Crippen LogP) is 8.40. The van der Waals surface area contributed by atoms with E-state index in [4.69, 9.17) is 0 Å². The lowest BCUT2D eigenvalue weighted by Gasteiger charge is -1.99. The summed E-state index contributed by atoms with van der Waals surface area (Å²) in [6, 6.07) is 0. The lowest BCUT2D eigenvalue weighted by Crippen LogP contribution is -1.86. The van der Waals surface area contributed by atoms with Crippen molar-refractivity contribution in [2.45, 2.75) is 125 Å². The van der Waals surface area contributed by atoms with Gasteiger partial charge in [-0.25, -0.2) is 0 Å². The largest absolute Gasteiger partial charge is 0.0683 e. The molecule has 0 atom stereocenters. The first-order valence-corrected chi connectivity index (χ1v) is 10.8. The van der Waals surface area contributed by atoms with Crippen LogP contribution in [0.2, 0.25) is 0 Å². The fourth-order valence-electron chi connectivity index (χ4n) is 3.97. The molecule has 0 bridgehead atoms. The molecule has 3 aliphatic rings. The highest BCUT2D eigenvalue weighted by Gasteiger charge is 2.11. The summed E-state index contributed by atoms with van der Waals surface area (Å²) in [5, 5.41) is 0. The van der Waals surface area contributed by atoms with Gasteiger partial charge in [0.1, 0.15) is 0 Å². The lowest BCUT2D eigenvalue weighted by atomic mass is 10.1. The molecule has 0 spiro atoms. The zero-order valence-electron chi connectivity index (χ0n) is 16.6. The summed E-state index contributed by atoms with van der Waals surface area (Å²) in [6.07, 6.45) is 20.8. The van der Waals surface area contributed by atoms with Crippen molar-refractivity contribution in [1.29, 1.82) is 0 Å². The Balaban J connectivity index is 0.000000285. The van der Waals surface area contributed by atoms with Crippen molar-refractivity contribution < 1.29 is 0 Å². The molecule has 3 rings (SSSR count). The second kappa shape index (κ2) is 15.9. The third-order valence-corrected chi connectivity index (χ3v) is 5.75. The van der Waals surface area contributed by atoms with E-state index in [1.165, 1.54) is 89.9 Å². The van der Waals surface area contributed by atoms with E-state index >= 15 is 0 Å². The molecule has 0 aliphatic heterocycles. The maximum Gasteiger partial charge on any atom is -0.0417 e. The molecule has 0 saturated heterocycles. The van der Waals surface area contributed by atoms with Gasteiger partial charge in [-0.15, -0.1) is 0 Å². The summed E-state index contributed by atoms with van der Waals surface area (Å²) in [7, 11) is 0. The number of hydrogen-bond acceptors (Lipinski definition) is 0. The predicted molar refractivity (Wildman–Crippen MR) is 103 cm³/mol. The fourth-order valence-corrected chi connectivity index (χ4v) is 3.97. The van der Waals surface area contributed by atoms with Crippen molar-refractivity contribution in [2.24, 2.45) is 17.8 Å².